The van der Waals surface area contributed by atoms with E-state index in [1.54, 1.807) is 0 Å². The van der Waals surface area contributed by atoms with Gasteiger partial charge in [-0.05, 0) is 63.7 Å². The van der Waals surface area contributed by atoms with Gasteiger partial charge < -0.3 is 24.9 Å². The van der Waals surface area contributed by atoms with E-state index >= 15 is 0 Å². The molecule has 6 rings (SSSR count). The fourth-order valence-corrected chi connectivity index (χ4v) is 6.26. The number of piperidine rings is 2. The molecule has 1 aromatic heterocycles. The van der Waals surface area contributed by atoms with Crippen molar-refractivity contribution in [1.29, 1.82) is 0 Å². The Hall–Kier alpha value is -2.12. The Bertz CT molecular complexity index is 932. The minimum absolute atomic E-state index is 0.0203. The second-order valence-corrected chi connectivity index (χ2v) is 9.71. The predicted molar refractivity (Wildman–Crippen MR) is 116 cm³/mol. The van der Waals surface area contributed by atoms with Crippen LogP contribution < -0.4 is 15.5 Å². The summed E-state index contributed by atoms with van der Waals surface area (Å²) in [4.78, 5) is 22.7. The zero-order chi connectivity index (χ0) is 20.2. The van der Waals surface area contributed by atoms with Gasteiger partial charge in [-0.1, -0.05) is 12.5 Å². The molecular weight excluding hydrogens is 378 g/mol. The molecule has 4 aliphatic rings. The van der Waals surface area contributed by atoms with Gasteiger partial charge in [0.1, 0.15) is 5.52 Å². The number of rotatable bonds is 3. The maximum atomic E-state index is 13.2. The normalized spacial score (nSPS) is 33.8. The van der Waals surface area contributed by atoms with Crippen LogP contribution in [-0.2, 0) is 0 Å². The highest BCUT2D eigenvalue weighted by Gasteiger charge is 2.38. The number of anilines is 1. The maximum Gasteiger partial charge on any atom is 0.298 e. The Morgan fingerprint density at radius 3 is 2.83 bits per heavy atom. The zero-order valence-electron chi connectivity index (χ0n) is 17.6. The molecule has 0 saturated carbocycles. The summed E-state index contributed by atoms with van der Waals surface area (Å²) in [6.07, 6.45) is 7.11. The van der Waals surface area contributed by atoms with Crippen LogP contribution in [0.2, 0.25) is 0 Å². The molecule has 1 aromatic carbocycles. The van der Waals surface area contributed by atoms with Gasteiger partial charge in [0.2, 0.25) is 0 Å². The highest BCUT2D eigenvalue weighted by atomic mass is 16.4. The number of amides is 1. The van der Waals surface area contributed by atoms with Crippen molar-refractivity contribution in [2.75, 3.05) is 31.6 Å². The fourth-order valence-electron chi connectivity index (χ4n) is 6.26. The second-order valence-electron chi connectivity index (χ2n) is 9.71. The molecular formula is C23H31N5O2. The summed E-state index contributed by atoms with van der Waals surface area (Å²) in [5.41, 5.74) is 2.01. The smallest absolute Gasteiger partial charge is 0.298 e. The standard InChI is InChI=1S/C23H31N5O2/c1-27-16-4-2-5-17(27)11-15(10-16)25-22(29)18-6-3-7-20-21(18)26-23(30-20)28-12-14-8-9-24-19(14)13-28/h3,6-7,14-17,19,24H,2,4-5,8-13H2,1H3,(H,25,29)/t14-,15?,16?,17?,19+/m0/s1. The van der Waals surface area contributed by atoms with Crippen LogP contribution >= 0.6 is 0 Å². The highest BCUT2D eigenvalue weighted by molar-refractivity contribution is 6.04. The molecule has 0 aliphatic carbocycles. The van der Waals surface area contributed by atoms with Crippen molar-refractivity contribution < 1.29 is 9.21 Å². The Morgan fingerprint density at radius 1 is 1.20 bits per heavy atom. The van der Waals surface area contributed by atoms with Gasteiger partial charge in [0.15, 0.2) is 5.58 Å². The molecule has 2 unspecified atom stereocenters. The number of nitrogens with zero attached hydrogens (tertiary/aromatic N) is 3. The lowest BCUT2D eigenvalue weighted by atomic mass is 9.82. The molecule has 2 N–H and O–H groups in total. The van der Waals surface area contributed by atoms with Crippen LogP contribution in [0.3, 0.4) is 0 Å². The van der Waals surface area contributed by atoms with Crippen molar-refractivity contribution in [1.82, 2.24) is 20.5 Å². The van der Waals surface area contributed by atoms with Gasteiger partial charge in [-0.3, -0.25) is 4.79 Å². The van der Waals surface area contributed by atoms with E-state index in [2.05, 4.69) is 27.5 Å². The first-order valence-electron chi connectivity index (χ1n) is 11.6. The van der Waals surface area contributed by atoms with Gasteiger partial charge in [0.05, 0.1) is 5.56 Å². The third-order valence-electron chi connectivity index (χ3n) is 7.96. The summed E-state index contributed by atoms with van der Waals surface area (Å²) < 4.78 is 6.07. The van der Waals surface area contributed by atoms with Crippen molar-refractivity contribution in [3.05, 3.63) is 23.8 Å². The van der Waals surface area contributed by atoms with Crippen LogP contribution in [0.25, 0.3) is 11.1 Å². The van der Waals surface area contributed by atoms with Gasteiger partial charge in [0, 0.05) is 37.3 Å². The molecule has 160 valence electrons. The molecule has 30 heavy (non-hydrogen) atoms. The van der Waals surface area contributed by atoms with E-state index in [-0.39, 0.29) is 11.9 Å². The van der Waals surface area contributed by atoms with Crippen LogP contribution in [0, 0.1) is 5.92 Å². The van der Waals surface area contributed by atoms with Gasteiger partial charge in [0.25, 0.3) is 11.9 Å². The van der Waals surface area contributed by atoms with Crippen molar-refractivity contribution >= 4 is 23.0 Å². The summed E-state index contributed by atoms with van der Waals surface area (Å²) in [5.74, 6) is 0.653. The first-order valence-corrected chi connectivity index (χ1v) is 11.6. The molecule has 4 atom stereocenters. The fraction of sp³-hybridized carbons (Fsp3) is 0.652. The molecule has 0 radical (unpaired) electrons. The van der Waals surface area contributed by atoms with Crippen molar-refractivity contribution in [2.45, 2.75) is 62.7 Å². The van der Waals surface area contributed by atoms with E-state index in [0.717, 1.165) is 32.5 Å². The summed E-state index contributed by atoms with van der Waals surface area (Å²) in [5, 5.41) is 6.88. The van der Waals surface area contributed by atoms with Crippen LogP contribution in [0.15, 0.2) is 22.6 Å². The predicted octanol–water partition coefficient (Wildman–Crippen LogP) is 2.37. The summed E-state index contributed by atoms with van der Waals surface area (Å²) >= 11 is 0. The van der Waals surface area contributed by atoms with Gasteiger partial charge >= 0.3 is 0 Å². The Balaban J connectivity index is 1.21. The van der Waals surface area contributed by atoms with E-state index in [4.69, 9.17) is 9.40 Å². The summed E-state index contributed by atoms with van der Waals surface area (Å²) in [6, 6.07) is 8.31. The lowest BCUT2D eigenvalue weighted by molar-refractivity contribution is 0.0463. The van der Waals surface area contributed by atoms with Gasteiger partial charge in [-0.25, -0.2) is 0 Å². The maximum absolute atomic E-state index is 13.2. The van der Waals surface area contributed by atoms with Crippen LogP contribution in [0.5, 0.6) is 0 Å². The van der Waals surface area contributed by atoms with E-state index in [9.17, 15) is 4.79 Å². The summed E-state index contributed by atoms with van der Waals surface area (Å²) in [6.45, 7) is 3.02. The molecule has 5 heterocycles. The second kappa shape index (κ2) is 7.24. The number of aromatic nitrogens is 1. The first kappa shape index (κ1) is 18.6. The van der Waals surface area contributed by atoms with E-state index < -0.39 is 0 Å². The van der Waals surface area contributed by atoms with Gasteiger partial charge in [-0.15, -0.1) is 0 Å². The van der Waals surface area contributed by atoms with Crippen molar-refractivity contribution in [2.24, 2.45) is 5.92 Å². The quantitative estimate of drug-likeness (QED) is 0.811. The third kappa shape index (κ3) is 3.10. The molecule has 7 heteroatoms. The number of para-hydroxylation sites is 1. The number of hydrogen-bond donors (Lipinski definition) is 2. The van der Waals surface area contributed by atoms with E-state index in [1.807, 2.05) is 18.2 Å². The number of carbonyl (C=O) groups is 1. The minimum Gasteiger partial charge on any atom is -0.423 e. The Labute approximate surface area is 177 Å². The van der Waals surface area contributed by atoms with Crippen molar-refractivity contribution in [3.63, 3.8) is 0 Å². The number of oxazole rings is 1. The first-order chi connectivity index (χ1) is 14.7. The molecule has 0 spiro atoms. The number of hydrogen-bond acceptors (Lipinski definition) is 6. The van der Waals surface area contributed by atoms with E-state index in [1.165, 1.54) is 25.7 Å². The Morgan fingerprint density at radius 2 is 2.03 bits per heavy atom. The molecule has 4 aliphatic heterocycles. The number of carbonyl (C=O) groups excluding carboxylic acids is 1. The molecule has 2 aromatic rings. The average Bonchev–Trinajstić information content (AvgIpc) is 3.42. The van der Waals surface area contributed by atoms with Crippen molar-refractivity contribution in [3.8, 4) is 0 Å². The number of nitrogens with one attached hydrogen (secondary N) is 2. The topological polar surface area (TPSA) is 73.6 Å². The molecule has 7 nitrogen and oxygen atoms in total. The lowest BCUT2D eigenvalue weighted by Crippen LogP contribution is -2.55. The monoisotopic (exact) mass is 409 g/mol. The SMILES string of the molecule is CN1C2CCCC1CC(NC(=O)c1cccc3oc(N4C[C@@H]5CCN[C@@H]5C4)nc13)C2. The number of fused-ring (bicyclic) bond motifs is 4. The molecule has 2 bridgehead atoms. The third-order valence-corrected chi connectivity index (χ3v) is 7.96. The zero-order valence-corrected chi connectivity index (χ0v) is 17.6. The molecule has 4 fully saturated rings. The molecule has 4 saturated heterocycles. The largest absolute Gasteiger partial charge is 0.423 e. The minimum atomic E-state index is -0.0203. The van der Waals surface area contributed by atoms with Crippen LogP contribution in [0.4, 0.5) is 6.01 Å². The highest BCUT2D eigenvalue weighted by Crippen LogP contribution is 2.34. The van der Waals surface area contributed by atoms with Crippen LogP contribution in [0.1, 0.15) is 48.9 Å². The van der Waals surface area contributed by atoms with Gasteiger partial charge in [-0.2, -0.15) is 4.98 Å². The average molecular weight is 410 g/mol. The summed E-state index contributed by atoms with van der Waals surface area (Å²) in [7, 11) is 2.24. The Kier molecular flexibility index (Phi) is 4.49. The molecule has 1 amide bonds. The number of benzene rings is 1. The van der Waals surface area contributed by atoms with Crippen LogP contribution in [-0.4, -0.2) is 66.6 Å². The lowest BCUT2D eigenvalue weighted by Gasteiger charge is -2.47. The van der Waals surface area contributed by atoms with E-state index in [0.29, 0.717) is 46.7 Å².